The molecule has 1 rings (SSSR count). The Kier molecular flexibility index (Phi) is 5.21. The van der Waals surface area contributed by atoms with Crippen molar-refractivity contribution in [1.29, 1.82) is 0 Å². The van der Waals surface area contributed by atoms with E-state index in [2.05, 4.69) is 48.1 Å². The highest BCUT2D eigenvalue weighted by Gasteiger charge is 1.97. The van der Waals surface area contributed by atoms with E-state index in [1.165, 1.54) is 11.1 Å². The number of rotatable bonds is 5. The topological polar surface area (TPSA) is 24.4 Å². The van der Waals surface area contributed by atoms with Gasteiger partial charge in [-0.3, -0.25) is 4.99 Å². The van der Waals surface area contributed by atoms with Crippen LogP contribution in [0.25, 0.3) is 0 Å². The Balaban J connectivity index is 2.56. The van der Waals surface area contributed by atoms with Gasteiger partial charge in [0.1, 0.15) is 0 Å². The second kappa shape index (κ2) is 6.69. The van der Waals surface area contributed by atoms with Crippen LogP contribution in [-0.2, 0) is 6.42 Å². The van der Waals surface area contributed by atoms with Crippen molar-refractivity contribution in [3.8, 4) is 0 Å². The van der Waals surface area contributed by atoms with E-state index in [0.29, 0.717) is 0 Å². The first-order valence-electron chi connectivity index (χ1n) is 5.71. The molecule has 0 bridgehead atoms. The zero-order valence-electron chi connectivity index (χ0n) is 10.8. The summed E-state index contributed by atoms with van der Waals surface area (Å²) < 4.78 is 0. The van der Waals surface area contributed by atoms with Crippen molar-refractivity contribution in [2.45, 2.75) is 20.3 Å². The number of aryl methyl sites for hydroxylation is 1. The third-order valence-corrected chi connectivity index (χ3v) is 2.35. The maximum absolute atomic E-state index is 4.03. The van der Waals surface area contributed by atoms with Crippen LogP contribution in [0.4, 0.5) is 0 Å². The van der Waals surface area contributed by atoms with Gasteiger partial charge < -0.3 is 5.32 Å². The average Bonchev–Trinajstić information content (AvgIpc) is 2.26. The van der Waals surface area contributed by atoms with Gasteiger partial charge in [0.25, 0.3) is 0 Å². The van der Waals surface area contributed by atoms with Crippen LogP contribution in [0.1, 0.15) is 18.1 Å². The van der Waals surface area contributed by atoms with Gasteiger partial charge in [0.2, 0.25) is 0 Å². The van der Waals surface area contributed by atoms with Crippen molar-refractivity contribution in [2.24, 2.45) is 4.99 Å². The summed E-state index contributed by atoms with van der Waals surface area (Å²) in [4.78, 5) is 3.91. The molecule has 17 heavy (non-hydrogen) atoms. The van der Waals surface area contributed by atoms with Crippen LogP contribution in [0.2, 0.25) is 0 Å². The fourth-order valence-corrected chi connectivity index (χ4v) is 1.62. The summed E-state index contributed by atoms with van der Waals surface area (Å²) in [6.07, 6.45) is 4.54. The molecule has 0 saturated carbocycles. The third kappa shape index (κ3) is 5.16. The largest absolute Gasteiger partial charge is 0.363 e. The van der Waals surface area contributed by atoms with E-state index in [9.17, 15) is 0 Å². The van der Waals surface area contributed by atoms with E-state index in [0.717, 1.165) is 17.8 Å². The highest BCUT2D eigenvalue weighted by Crippen LogP contribution is 2.08. The Bertz CT molecular complexity index is 442. The van der Waals surface area contributed by atoms with E-state index in [1.54, 1.807) is 13.3 Å². The van der Waals surface area contributed by atoms with Crippen molar-refractivity contribution in [2.75, 3.05) is 7.05 Å². The predicted octanol–water partition coefficient (Wildman–Crippen LogP) is 3.25. The van der Waals surface area contributed by atoms with Crippen molar-refractivity contribution in [3.63, 3.8) is 0 Å². The summed E-state index contributed by atoms with van der Waals surface area (Å²) in [5.41, 5.74) is 4.60. The molecule has 0 aromatic heterocycles. The lowest BCUT2D eigenvalue weighted by atomic mass is 10.1. The summed E-state index contributed by atoms with van der Waals surface area (Å²) in [6.45, 7) is 8.13. The molecule has 0 fully saturated rings. The molecule has 0 spiro atoms. The molecule has 1 aromatic rings. The molecule has 0 aliphatic rings. The Morgan fingerprint density at radius 2 is 2.24 bits per heavy atom. The maximum atomic E-state index is 4.03. The molecule has 2 heteroatoms. The van der Waals surface area contributed by atoms with Gasteiger partial charge in [0.05, 0.1) is 0 Å². The van der Waals surface area contributed by atoms with Gasteiger partial charge in [0, 0.05) is 31.1 Å². The summed E-state index contributed by atoms with van der Waals surface area (Å²) in [6, 6.07) is 8.47. The minimum Gasteiger partial charge on any atom is -0.363 e. The molecular formula is C15H20N2. The fraction of sp³-hybridized carbons (Fsp3) is 0.267. The summed E-state index contributed by atoms with van der Waals surface area (Å²) in [7, 11) is 1.76. The molecule has 0 amide bonds. The first-order chi connectivity index (χ1) is 8.11. The van der Waals surface area contributed by atoms with Crippen LogP contribution < -0.4 is 5.32 Å². The second-order valence-corrected chi connectivity index (χ2v) is 4.15. The molecule has 0 aliphatic heterocycles. The van der Waals surface area contributed by atoms with Crippen molar-refractivity contribution >= 4 is 6.21 Å². The normalized spacial score (nSPS) is 11.8. The number of nitrogens with one attached hydrogen (secondary N) is 1. The van der Waals surface area contributed by atoms with E-state index in [4.69, 9.17) is 0 Å². The van der Waals surface area contributed by atoms with Gasteiger partial charge in [-0.1, -0.05) is 36.4 Å². The van der Waals surface area contributed by atoms with E-state index < -0.39 is 0 Å². The average molecular weight is 228 g/mol. The third-order valence-electron chi connectivity index (χ3n) is 2.35. The predicted molar refractivity (Wildman–Crippen MR) is 75.3 cm³/mol. The molecule has 0 unspecified atom stereocenters. The van der Waals surface area contributed by atoms with Gasteiger partial charge in [-0.2, -0.15) is 0 Å². The number of hydrogen-bond donors (Lipinski definition) is 1. The van der Waals surface area contributed by atoms with Crippen molar-refractivity contribution in [1.82, 2.24) is 5.32 Å². The zero-order valence-corrected chi connectivity index (χ0v) is 10.8. The Hall–Kier alpha value is -1.83. The Labute approximate surface area is 104 Å². The van der Waals surface area contributed by atoms with Crippen molar-refractivity contribution in [3.05, 3.63) is 59.4 Å². The molecular weight excluding hydrogens is 208 g/mol. The van der Waals surface area contributed by atoms with Crippen molar-refractivity contribution < 1.29 is 0 Å². The number of benzene rings is 1. The van der Waals surface area contributed by atoms with Crippen LogP contribution in [0.15, 0.2) is 53.3 Å². The molecule has 90 valence electrons. The van der Waals surface area contributed by atoms with E-state index in [-0.39, 0.29) is 0 Å². The Morgan fingerprint density at radius 1 is 1.47 bits per heavy atom. The molecule has 0 aliphatic carbocycles. The molecule has 0 heterocycles. The lowest BCUT2D eigenvalue weighted by molar-refractivity contribution is 0.917. The first-order valence-corrected chi connectivity index (χ1v) is 5.71. The molecule has 1 N–H and O–H groups in total. The second-order valence-electron chi connectivity index (χ2n) is 4.15. The highest BCUT2D eigenvalue weighted by atomic mass is 14.9. The van der Waals surface area contributed by atoms with Gasteiger partial charge >= 0.3 is 0 Å². The van der Waals surface area contributed by atoms with Crippen LogP contribution in [0.5, 0.6) is 0 Å². The van der Waals surface area contributed by atoms with E-state index >= 15 is 0 Å². The minimum atomic E-state index is 0.843. The van der Waals surface area contributed by atoms with Crippen LogP contribution in [-0.4, -0.2) is 13.3 Å². The number of allylic oxidation sites excluding steroid dienone is 3. The summed E-state index contributed by atoms with van der Waals surface area (Å²) >= 11 is 0. The molecule has 0 atom stereocenters. The van der Waals surface area contributed by atoms with Gasteiger partial charge in [-0.25, -0.2) is 0 Å². The molecule has 2 nitrogen and oxygen atoms in total. The monoisotopic (exact) mass is 228 g/mol. The van der Waals surface area contributed by atoms with Gasteiger partial charge in [-0.05, 0) is 25.5 Å². The fourth-order valence-electron chi connectivity index (χ4n) is 1.62. The SMILES string of the molecule is C=C(Cc1cccc(C)c1)N/C(C)=C/C=N\C. The Morgan fingerprint density at radius 3 is 2.88 bits per heavy atom. The summed E-state index contributed by atoms with van der Waals surface area (Å²) in [5.74, 6) is 0. The molecule has 1 aromatic carbocycles. The van der Waals surface area contributed by atoms with Gasteiger partial charge in [0.15, 0.2) is 0 Å². The maximum Gasteiger partial charge on any atom is 0.0277 e. The van der Waals surface area contributed by atoms with Gasteiger partial charge in [-0.15, -0.1) is 0 Å². The summed E-state index contributed by atoms with van der Waals surface area (Å²) in [5, 5.41) is 3.26. The van der Waals surface area contributed by atoms with Crippen LogP contribution in [0.3, 0.4) is 0 Å². The smallest absolute Gasteiger partial charge is 0.0277 e. The lowest BCUT2D eigenvalue weighted by Crippen LogP contribution is -2.11. The standard InChI is InChI=1S/C15H20N2/c1-12-6-5-7-15(10-12)11-14(3)17-13(2)8-9-16-4/h5-10,17H,3,11H2,1-2,4H3/b13-8+,16-9-. The molecule has 0 radical (unpaired) electrons. The minimum absolute atomic E-state index is 0.843. The number of aliphatic imine (C=N–C) groups is 1. The first kappa shape index (κ1) is 13.2. The quantitative estimate of drug-likeness (QED) is 0.769. The number of hydrogen-bond acceptors (Lipinski definition) is 2. The highest BCUT2D eigenvalue weighted by molar-refractivity contribution is 5.71. The zero-order chi connectivity index (χ0) is 12.7. The lowest BCUT2D eigenvalue weighted by Gasteiger charge is -2.10. The van der Waals surface area contributed by atoms with E-state index in [1.807, 2.05) is 13.0 Å². The van der Waals surface area contributed by atoms with Crippen LogP contribution >= 0.6 is 0 Å². The molecule has 0 saturated heterocycles. The van der Waals surface area contributed by atoms with Crippen LogP contribution in [0, 0.1) is 6.92 Å². The number of nitrogens with zero attached hydrogens (tertiary/aromatic N) is 1.